The third-order valence-electron chi connectivity index (χ3n) is 5.84. The van der Waals surface area contributed by atoms with Crippen LogP contribution >= 0.6 is 0 Å². The first kappa shape index (κ1) is 20.7. The lowest BCUT2D eigenvalue weighted by Crippen LogP contribution is -2.48. The maximum atomic E-state index is 13.2. The lowest BCUT2D eigenvalue weighted by molar-refractivity contribution is -0.118. The number of rotatable bonds is 5. The molecule has 0 unspecified atom stereocenters. The fourth-order valence-corrected chi connectivity index (χ4v) is 5.60. The van der Waals surface area contributed by atoms with Gasteiger partial charge in [-0.15, -0.1) is 0 Å². The molecule has 0 aliphatic carbocycles. The molecule has 2 heterocycles. The zero-order valence-electron chi connectivity index (χ0n) is 17.4. The number of benzene rings is 2. The van der Waals surface area contributed by atoms with Crippen LogP contribution in [0.1, 0.15) is 18.9 Å². The molecule has 7 nitrogen and oxygen atoms in total. The Morgan fingerprint density at radius 1 is 1.03 bits per heavy atom. The number of carbonyl (C=O) groups is 1. The van der Waals surface area contributed by atoms with Gasteiger partial charge < -0.3 is 14.5 Å². The molecule has 2 aliphatic heterocycles. The van der Waals surface area contributed by atoms with Crippen molar-refractivity contribution in [2.24, 2.45) is 0 Å². The van der Waals surface area contributed by atoms with Crippen LogP contribution in [-0.2, 0) is 21.2 Å². The van der Waals surface area contributed by atoms with Crippen molar-refractivity contribution in [3.8, 4) is 5.75 Å². The van der Waals surface area contributed by atoms with E-state index < -0.39 is 10.0 Å². The van der Waals surface area contributed by atoms with Crippen molar-refractivity contribution in [1.82, 2.24) is 4.31 Å². The van der Waals surface area contributed by atoms with Gasteiger partial charge in [-0.1, -0.05) is 13.0 Å². The largest absolute Gasteiger partial charge is 0.497 e. The van der Waals surface area contributed by atoms with Gasteiger partial charge in [0.05, 0.1) is 12.0 Å². The van der Waals surface area contributed by atoms with Crippen LogP contribution in [0.5, 0.6) is 5.75 Å². The van der Waals surface area contributed by atoms with Gasteiger partial charge in [0.25, 0.3) is 0 Å². The molecule has 2 aromatic rings. The number of ether oxygens (including phenoxy) is 1. The fraction of sp³-hybridized carbons (Fsp3) is 0.409. The molecule has 1 fully saturated rings. The zero-order chi connectivity index (χ0) is 21.3. The van der Waals surface area contributed by atoms with Gasteiger partial charge in [-0.3, -0.25) is 4.79 Å². The second kappa shape index (κ2) is 8.28. The Labute approximate surface area is 177 Å². The van der Waals surface area contributed by atoms with E-state index in [1.54, 1.807) is 34.5 Å². The van der Waals surface area contributed by atoms with E-state index in [-0.39, 0.29) is 5.91 Å². The summed E-state index contributed by atoms with van der Waals surface area (Å²) < 4.78 is 33.3. The summed E-state index contributed by atoms with van der Waals surface area (Å²) in [5, 5.41) is 0. The Kier molecular flexibility index (Phi) is 5.71. The minimum Gasteiger partial charge on any atom is -0.497 e. The Bertz CT molecular complexity index is 1050. The van der Waals surface area contributed by atoms with Crippen LogP contribution < -0.4 is 14.5 Å². The molecule has 0 radical (unpaired) electrons. The van der Waals surface area contributed by atoms with Crippen LogP contribution in [0, 0.1) is 0 Å². The molecular formula is C22H27N3O4S. The molecule has 0 spiro atoms. The average Bonchev–Trinajstić information content (AvgIpc) is 3.22. The molecule has 0 bridgehead atoms. The Morgan fingerprint density at radius 3 is 2.50 bits per heavy atom. The number of amides is 1. The van der Waals surface area contributed by atoms with E-state index in [0.29, 0.717) is 50.5 Å². The van der Waals surface area contributed by atoms with Crippen LogP contribution in [0.4, 0.5) is 11.4 Å². The second-order valence-corrected chi connectivity index (χ2v) is 9.47. The molecule has 30 heavy (non-hydrogen) atoms. The highest BCUT2D eigenvalue weighted by atomic mass is 32.2. The van der Waals surface area contributed by atoms with E-state index >= 15 is 0 Å². The quantitative estimate of drug-likeness (QED) is 0.731. The van der Waals surface area contributed by atoms with Gasteiger partial charge >= 0.3 is 0 Å². The Hall–Kier alpha value is -2.58. The van der Waals surface area contributed by atoms with E-state index in [1.165, 1.54) is 0 Å². The third-order valence-corrected chi connectivity index (χ3v) is 7.74. The van der Waals surface area contributed by atoms with E-state index in [0.717, 1.165) is 22.7 Å². The number of anilines is 2. The van der Waals surface area contributed by atoms with Crippen molar-refractivity contribution in [3.05, 3.63) is 48.0 Å². The van der Waals surface area contributed by atoms with Crippen molar-refractivity contribution < 1.29 is 17.9 Å². The Morgan fingerprint density at radius 2 is 1.80 bits per heavy atom. The van der Waals surface area contributed by atoms with Gasteiger partial charge in [0.1, 0.15) is 5.75 Å². The summed E-state index contributed by atoms with van der Waals surface area (Å²) in [5.41, 5.74) is 2.79. The topological polar surface area (TPSA) is 70.2 Å². The summed E-state index contributed by atoms with van der Waals surface area (Å²) in [6.45, 7) is 4.55. The lowest BCUT2D eigenvalue weighted by atomic mass is 10.2. The van der Waals surface area contributed by atoms with E-state index in [1.807, 2.05) is 31.2 Å². The highest BCUT2D eigenvalue weighted by Gasteiger charge is 2.31. The van der Waals surface area contributed by atoms with Crippen molar-refractivity contribution in [2.45, 2.75) is 24.7 Å². The van der Waals surface area contributed by atoms with E-state index in [4.69, 9.17) is 4.74 Å². The van der Waals surface area contributed by atoms with Crippen LogP contribution in [0.15, 0.2) is 47.4 Å². The number of nitrogens with zero attached hydrogens (tertiary/aromatic N) is 3. The number of carbonyl (C=O) groups excluding carboxylic acids is 1. The highest BCUT2D eigenvalue weighted by Crippen LogP contribution is 2.32. The van der Waals surface area contributed by atoms with E-state index in [9.17, 15) is 13.2 Å². The maximum Gasteiger partial charge on any atom is 0.243 e. The van der Waals surface area contributed by atoms with Crippen LogP contribution in [-0.4, -0.2) is 58.5 Å². The third kappa shape index (κ3) is 3.77. The smallest absolute Gasteiger partial charge is 0.243 e. The second-order valence-electron chi connectivity index (χ2n) is 7.53. The molecule has 0 atom stereocenters. The van der Waals surface area contributed by atoms with Crippen molar-refractivity contribution in [2.75, 3.05) is 49.6 Å². The van der Waals surface area contributed by atoms with Crippen LogP contribution in [0.2, 0.25) is 0 Å². The van der Waals surface area contributed by atoms with Gasteiger partial charge in [-0.25, -0.2) is 8.42 Å². The fourth-order valence-electron chi connectivity index (χ4n) is 4.13. The monoisotopic (exact) mass is 429 g/mol. The molecule has 160 valence electrons. The molecule has 0 saturated carbocycles. The van der Waals surface area contributed by atoms with Crippen molar-refractivity contribution in [1.29, 1.82) is 0 Å². The molecule has 0 aromatic heterocycles. The molecule has 8 heteroatoms. The minimum absolute atomic E-state index is 0.0676. The molecule has 2 aliphatic rings. The van der Waals surface area contributed by atoms with Crippen LogP contribution in [0.3, 0.4) is 0 Å². The predicted octanol–water partition coefficient (Wildman–Crippen LogP) is 2.51. The van der Waals surface area contributed by atoms with Gasteiger partial charge in [0.2, 0.25) is 15.9 Å². The van der Waals surface area contributed by atoms with Crippen LogP contribution in [0.25, 0.3) is 0 Å². The predicted molar refractivity (Wildman–Crippen MR) is 117 cm³/mol. The number of hydrogen-bond donors (Lipinski definition) is 0. The van der Waals surface area contributed by atoms with Gasteiger partial charge in [0, 0.05) is 56.6 Å². The first-order valence-corrected chi connectivity index (χ1v) is 11.7. The zero-order valence-corrected chi connectivity index (χ0v) is 18.2. The molecular weight excluding hydrogens is 402 g/mol. The van der Waals surface area contributed by atoms with E-state index in [2.05, 4.69) is 4.90 Å². The van der Waals surface area contributed by atoms with Crippen molar-refractivity contribution >= 4 is 27.3 Å². The number of sulfonamides is 1. The summed E-state index contributed by atoms with van der Waals surface area (Å²) >= 11 is 0. The first-order chi connectivity index (χ1) is 14.4. The number of methoxy groups -OCH3 is 1. The maximum absolute atomic E-state index is 13.2. The molecule has 1 amide bonds. The first-order valence-electron chi connectivity index (χ1n) is 10.3. The average molecular weight is 430 g/mol. The SMILES string of the molecule is CCC(=O)N1CCc2cc(S(=O)(=O)N3CCN(c4cccc(OC)c4)CC3)ccc21. The Balaban J connectivity index is 1.48. The lowest BCUT2D eigenvalue weighted by Gasteiger charge is -2.35. The highest BCUT2D eigenvalue weighted by molar-refractivity contribution is 7.89. The summed E-state index contributed by atoms with van der Waals surface area (Å²) in [4.78, 5) is 16.3. The molecule has 4 rings (SSSR count). The van der Waals surface area contributed by atoms with Gasteiger partial charge in [-0.05, 0) is 42.3 Å². The summed E-state index contributed by atoms with van der Waals surface area (Å²) in [6, 6.07) is 13.0. The summed E-state index contributed by atoms with van der Waals surface area (Å²) in [5.74, 6) is 0.856. The van der Waals surface area contributed by atoms with Gasteiger partial charge in [-0.2, -0.15) is 4.31 Å². The molecule has 2 aromatic carbocycles. The standard InChI is InChI=1S/C22H27N3O4S/c1-3-22(26)25-10-9-17-15-20(7-8-21(17)25)30(27,28)24-13-11-23(12-14-24)18-5-4-6-19(16-18)29-2/h4-8,15-16H,3,9-14H2,1-2H3. The molecule has 1 saturated heterocycles. The summed E-state index contributed by atoms with van der Waals surface area (Å²) in [6.07, 6.45) is 1.13. The molecule has 0 N–H and O–H groups in total. The van der Waals surface area contributed by atoms with Crippen molar-refractivity contribution in [3.63, 3.8) is 0 Å². The normalized spacial score (nSPS) is 17.1. The summed E-state index contributed by atoms with van der Waals surface area (Å²) in [7, 11) is -1.93. The number of fused-ring (bicyclic) bond motifs is 1. The van der Waals surface area contributed by atoms with Gasteiger partial charge in [0.15, 0.2) is 0 Å². The minimum atomic E-state index is -3.57. The number of hydrogen-bond acceptors (Lipinski definition) is 5. The number of piperazine rings is 1.